The molecular weight excluding hydrogens is 284 g/mol. The van der Waals surface area contributed by atoms with Crippen molar-refractivity contribution in [1.29, 1.82) is 0 Å². The van der Waals surface area contributed by atoms with E-state index in [9.17, 15) is 9.90 Å². The summed E-state index contributed by atoms with van der Waals surface area (Å²) in [6, 6.07) is 0. The normalized spacial score (nSPS) is 34.5. The van der Waals surface area contributed by atoms with Gasteiger partial charge in [0.1, 0.15) is 5.60 Å². The molecule has 4 atom stereocenters. The number of aliphatic hydroxyl groups is 1. The number of fused-ring (bicyclic) bond motifs is 1. The Kier molecular flexibility index (Phi) is 4.60. The summed E-state index contributed by atoms with van der Waals surface area (Å²) < 4.78 is 17.4. The second-order valence-electron chi connectivity index (χ2n) is 7.66. The van der Waals surface area contributed by atoms with E-state index >= 15 is 0 Å². The van der Waals surface area contributed by atoms with Crippen molar-refractivity contribution in [3.05, 3.63) is 11.8 Å². The van der Waals surface area contributed by atoms with Crippen LogP contribution in [0.2, 0.25) is 0 Å². The van der Waals surface area contributed by atoms with Crippen LogP contribution in [0.5, 0.6) is 0 Å². The second-order valence-corrected chi connectivity index (χ2v) is 7.66. The highest BCUT2D eigenvalue weighted by molar-refractivity contribution is 5.89. The first-order chi connectivity index (χ1) is 10.1. The Morgan fingerprint density at radius 2 is 1.91 bits per heavy atom. The van der Waals surface area contributed by atoms with Gasteiger partial charge in [-0.1, -0.05) is 13.3 Å². The standard InChI is InChI=1S/C17H28O5/c1-7-10-8-11(14-13(10)20-17(5,6)21-14)12(9-18)15(19)22-16(2,3)4/h9-11,13-14,18H,7-8H2,1-6H3/b12-9-/t10-,11-,13+,14-/m0/s1. The fourth-order valence-corrected chi connectivity index (χ4v) is 3.43. The summed E-state index contributed by atoms with van der Waals surface area (Å²) in [5, 5.41) is 9.60. The first-order valence-electron chi connectivity index (χ1n) is 8.01. The number of aliphatic hydroxyl groups excluding tert-OH is 1. The van der Waals surface area contributed by atoms with Gasteiger partial charge in [-0.2, -0.15) is 0 Å². The molecule has 0 unspecified atom stereocenters. The van der Waals surface area contributed by atoms with Crippen LogP contribution < -0.4 is 0 Å². The van der Waals surface area contributed by atoms with E-state index in [-0.39, 0.29) is 23.7 Å². The summed E-state index contributed by atoms with van der Waals surface area (Å²) in [6.07, 6.45) is 2.33. The molecule has 2 aliphatic rings. The van der Waals surface area contributed by atoms with Crippen molar-refractivity contribution in [1.82, 2.24) is 0 Å². The highest BCUT2D eigenvalue weighted by Gasteiger charge is 2.55. The lowest BCUT2D eigenvalue weighted by Crippen LogP contribution is -2.32. The number of ether oxygens (including phenoxy) is 3. The van der Waals surface area contributed by atoms with E-state index in [1.54, 1.807) is 0 Å². The maximum atomic E-state index is 12.4. The molecule has 1 saturated heterocycles. The van der Waals surface area contributed by atoms with Crippen LogP contribution in [0.15, 0.2) is 11.8 Å². The second kappa shape index (κ2) is 5.85. The molecule has 22 heavy (non-hydrogen) atoms. The third-order valence-electron chi connectivity index (χ3n) is 4.28. The molecule has 0 aromatic rings. The number of hydrogen-bond donors (Lipinski definition) is 1. The van der Waals surface area contributed by atoms with Crippen LogP contribution in [0.1, 0.15) is 54.4 Å². The Labute approximate surface area is 132 Å². The topological polar surface area (TPSA) is 65.0 Å². The number of carbonyl (C=O) groups excluding carboxylic acids is 1. The highest BCUT2D eigenvalue weighted by atomic mass is 16.8. The van der Waals surface area contributed by atoms with Crippen LogP contribution in [-0.4, -0.2) is 34.7 Å². The third kappa shape index (κ3) is 3.46. The summed E-state index contributed by atoms with van der Waals surface area (Å²) in [4.78, 5) is 12.4. The van der Waals surface area contributed by atoms with Gasteiger partial charge in [0.25, 0.3) is 0 Å². The lowest BCUT2D eigenvalue weighted by atomic mass is 9.94. The van der Waals surface area contributed by atoms with Gasteiger partial charge in [-0.05, 0) is 47.0 Å². The minimum atomic E-state index is -0.657. The van der Waals surface area contributed by atoms with Gasteiger partial charge in [0.2, 0.25) is 0 Å². The molecule has 1 saturated carbocycles. The molecule has 0 bridgehead atoms. The van der Waals surface area contributed by atoms with Gasteiger partial charge in [0.05, 0.1) is 24.0 Å². The predicted octanol–water partition coefficient (Wildman–Crippen LogP) is 3.34. The van der Waals surface area contributed by atoms with Gasteiger partial charge in [-0.3, -0.25) is 0 Å². The van der Waals surface area contributed by atoms with Gasteiger partial charge >= 0.3 is 5.97 Å². The quantitative estimate of drug-likeness (QED) is 0.492. The average molecular weight is 312 g/mol. The van der Waals surface area contributed by atoms with Crippen molar-refractivity contribution in [3.8, 4) is 0 Å². The molecule has 1 aliphatic heterocycles. The van der Waals surface area contributed by atoms with Crippen molar-refractivity contribution < 1.29 is 24.1 Å². The van der Waals surface area contributed by atoms with Crippen molar-refractivity contribution >= 4 is 5.97 Å². The molecule has 1 aliphatic carbocycles. The van der Waals surface area contributed by atoms with Crippen LogP contribution in [0.4, 0.5) is 0 Å². The molecule has 126 valence electrons. The zero-order valence-electron chi connectivity index (χ0n) is 14.4. The number of rotatable bonds is 3. The highest BCUT2D eigenvalue weighted by Crippen LogP contribution is 2.48. The van der Waals surface area contributed by atoms with Crippen molar-refractivity contribution in [2.45, 2.75) is 78.0 Å². The number of carbonyl (C=O) groups is 1. The predicted molar refractivity (Wildman–Crippen MR) is 82.3 cm³/mol. The van der Waals surface area contributed by atoms with Crippen LogP contribution in [0.25, 0.3) is 0 Å². The smallest absolute Gasteiger partial charge is 0.338 e. The van der Waals surface area contributed by atoms with Gasteiger partial charge in [-0.25, -0.2) is 4.79 Å². The SMILES string of the molecule is CC[C@H]1C[C@@H](/C(=C/O)C(=O)OC(C)(C)C)[C@@H]2OC(C)(C)O[C@H]12. The summed E-state index contributed by atoms with van der Waals surface area (Å²) in [5.41, 5.74) is -0.318. The molecule has 2 fully saturated rings. The van der Waals surface area contributed by atoms with Crippen LogP contribution >= 0.6 is 0 Å². The van der Waals surface area contributed by atoms with E-state index < -0.39 is 17.4 Å². The molecule has 2 rings (SSSR count). The van der Waals surface area contributed by atoms with Crippen LogP contribution in [0, 0.1) is 11.8 Å². The lowest BCUT2D eigenvalue weighted by molar-refractivity contribution is -0.163. The first kappa shape index (κ1) is 17.3. The minimum absolute atomic E-state index is 0.0395. The average Bonchev–Trinajstić information content (AvgIpc) is 2.82. The fraction of sp³-hybridized carbons (Fsp3) is 0.824. The summed E-state index contributed by atoms with van der Waals surface area (Å²) in [6.45, 7) is 11.3. The van der Waals surface area contributed by atoms with Gasteiger partial charge in [0.15, 0.2) is 5.79 Å². The zero-order valence-corrected chi connectivity index (χ0v) is 14.4. The maximum absolute atomic E-state index is 12.4. The molecule has 0 aromatic heterocycles. The lowest BCUT2D eigenvalue weighted by Gasteiger charge is -2.25. The van der Waals surface area contributed by atoms with Crippen LogP contribution in [-0.2, 0) is 19.0 Å². The van der Waals surface area contributed by atoms with E-state index in [2.05, 4.69) is 6.92 Å². The molecular formula is C17H28O5. The molecule has 5 heteroatoms. The Balaban J connectivity index is 2.21. The van der Waals surface area contributed by atoms with Crippen molar-refractivity contribution in [3.63, 3.8) is 0 Å². The fourth-order valence-electron chi connectivity index (χ4n) is 3.43. The van der Waals surface area contributed by atoms with E-state index in [4.69, 9.17) is 14.2 Å². The Hall–Kier alpha value is -1.07. The van der Waals surface area contributed by atoms with Gasteiger partial charge in [0, 0.05) is 5.92 Å². The summed E-state index contributed by atoms with van der Waals surface area (Å²) >= 11 is 0. The summed E-state index contributed by atoms with van der Waals surface area (Å²) in [5.74, 6) is -1.02. The van der Waals surface area contributed by atoms with Crippen LogP contribution in [0.3, 0.4) is 0 Å². The van der Waals surface area contributed by atoms with Gasteiger partial charge in [-0.15, -0.1) is 0 Å². The molecule has 1 N–H and O–H groups in total. The zero-order chi connectivity index (χ0) is 16.7. The van der Waals surface area contributed by atoms with Crippen molar-refractivity contribution in [2.75, 3.05) is 0 Å². The number of hydrogen-bond acceptors (Lipinski definition) is 5. The number of esters is 1. The molecule has 0 radical (unpaired) electrons. The molecule has 5 nitrogen and oxygen atoms in total. The Morgan fingerprint density at radius 3 is 2.41 bits per heavy atom. The molecule has 0 spiro atoms. The van der Waals surface area contributed by atoms with E-state index in [0.717, 1.165) is 19.1 Å². The molecule has 0 amide bonds. The molecule has 1 heterocycles. The monoisotopic (exact) mass is 312 g/mol. The maximum Gasteiger partial charge on any atom is 0.338 e. The van der Waals surface area contributed by atoms with E-state index in [1.165, 1.54) is 0 Å². The van der Waals surface area contributed by atoms with E-state index in [0.29, 0.717) is 5.92 Å². The summed E-state index contributed by atoms with van der Waals surface area (Å²) in [7, 11) is 0. The third-order valence-corrected chi connectivity index (χ3v) is 4.28. The van der Waals surface area contributed by atoms with E-state index in [1.807, 2.05) is 34.6 Å². The Morgan fingerprint density at radius 1 is 1.32 bits per heavy atom. The molecule has 0 aromatic carbocycles. The van der Waals surface area contributed by atoms with Crippen molar-refractivity contribution in [2.24, 2.45) is 11.8 Å². The minimum Gasteiger partial charge on any atom is -0.515 e. The van der Waals surface area contributed by atoms with Gasteiger partial charge < -0.3 is 19.3 Å². The Bertz CT molecular complexity index is 460. The largest absolute Gasteiger partial charge is 0.515 e. The first-order valence-corrected chi connectivity index (χ1v) is 8.01.